The first-order chi connectivity index (χ1) is 16.7. The van der Waals surface area contributed by atoms with Gasteiger partial charge in [-0.25, -0.2) is 13.7 Å². The largest absolute Gasteiger partial charge is 0.450 e. The first-order valence-corrected chi connectivity index (χ1v) is 12.9. The standard InChI is InChI=1S/C25H25FN3O5P/c1-17-3-9-22(23(26)15-17)19-4-7-21(8-5-19)33-25-16-20(6-10-24(25)29(30)31)18(2)34-35(32,27-11-12-27)28-13-14-28/h3-10,15-16,18H,11-14H2,1-2H3. The molecule has 1 unspecified atom stereocenters. The molecule has 2 saturated heterocycles. The van der Waals surface area contributed by atoms with E-state index in [0.717, 1.165) is 31.7 Å². The Balaban J connectivity index is 1.38. The van der Waals surface area contributed by atoms with Crippen LogP contribution in [-0.2, 0) is 9.09 Å². The van der Waals surface area contributed by atoms with Crippen LogP contribution in [-0.4, -0.2) is 40.4 Å². The number of hydrogen-bond donors (Lipinski definition) is 0. The number of nitrogens with zero attached hydrogens (tertiary/aromatic N) is 3. The van der Waals surface area contributed by atoms with Gasteiger partial charge in [-0.3, -0.25) is 19.2 Å². The van der Waals surface area contributed by atoms with E-state index in [0.29, 0.717) is 22.4 Å². The maximum absolute atomic E-state index is 14.3. The molecule has 0 amide bonds. The number of nitro benzene ring substituents is 1. The molecule has 2 heterocycles. The fraction of sp³-hybridized carbons (Fsp3) is 0.280. The van der Waals surface area contributed by atoms with E-state index in [4.69, 9.17) is 9.26 Å². The fourth-order valence-corrected chi connectivity index (χ4v) is 6.22. The smallest absolute Gasteiger partial charge is 0.346 e. The molecule has 0 N–H and O–H groups in total. The van der Waals surface area contributed by atoms with Gasteiger partial charge in [0, 0.05) is 37.8 Å². The summed E-state index contributed by atoms with van der Waals surface area (Å²) in [5.41, 5.74) is 2.38. The molecule has 5 rings (SSSR count). The SMILES string of the molecule is Cc1ccc(-c2ccc(Oc3cc(C(C)OP(=O)(N4CC4)N4CC4)ccc3[N+](=O)[O-])cc2)c(F)c1. The highest BCUT2D eigenvalue weighted by Gasteiger charge is 2.50. The highest BCUT2D eigenvalue weighted by Crippen LogP contribution is 2.63. The molecular formula is C25H25FN3O5P. The van der Waals surface area contributed by atoms with E-state index < -0.39 is 18.7 Å². The summed E-state index contributed by atoms with van der Waals surface area (Å²) in [5.74, 6) is 0.0952. The van der Waals surface area contributed by atoms with Gasteiger partial charge in [0.15, 0.2) is 0 Å². The molecule has 3 aromatic carbocycles. The Hall–Kier alpha value is -3.10. The number of ether oxygens (including phenoxy) is 1. The quantitative estimate of drug-likeness (QED) is 0.148. The molecule has 182 valence electrons. The second-order valence-electron chi connectivity index (χ2n) is 8.74. The third-order valence-electron chi connectivity index (χ3n) is 6.03. The van der Waals surface area contributed by atoms with Crippen molar-refractivity contribution in [3.63, 3.8) is 0 Å². The van der Waals surface area contributed by atoms with Crippen LogP contribution in [0.2, 0.25) is 0 Å². The molecule has 10 heteroatoms. The summed E-state index contributed by atoms with van der Waals surface area (Å²) in [6, 6.07) is 16.2. The predicted molar refractivity (Wildman–Crippen MR) is 130 cm³/mol. The number of hydrogen-bond acceptors (Lipinski definition) is 5. The summed E-state index contributed by atoms with van der Waals surface area (Å²) in [7, 11) is -3.06. The molecule has 0 bridgehead atoms. The van der Waals surface area contributed by atoms with Crippen LogP contribution in [0.4, 0.5) is 10.1 Å². The molecule has 0 radical (unpaired) electrons. The topological polar surface area (TPSA) is 84.7 Å². The summed E-state index contributed by atoms with van der Waals surface area (Å²) in [6.45, 7) is 6.53. The van der Waals surface area contributed by atoms with Gasteiger partial charge in [-0.05, 0) is 60.9 Å². The number of halogens is 1. The number of nitro groups is 1. The van der Waals surface area contributed by atoms with E-state index in [-0.39, 0.29) is 17.3 Å². The lowest BCUT2D eigenvalue weighted by Crippen LogP contribution is -2.10. The van der Waals surface area contributed by atoms with Gasteiger partial charge in [0.05, 0.1) is 11.0 Å². The maximum Gasteiger partial charge on any atom is 0.346 e. The lowest BCUT2D eigenvalue weighted by atomic mass is 10.0. The van der Waals surface area contributed by atoms with Crippen molar-refractivity contribution in [2.45, 2.75) is 20.0 Å². The van der Waals surface area contributed by atoms with E-state index in [1.165, 1.54) is 12.1 Å². The van der Waals surface area contributed by atoms with Crippen LogP contribution in [0.5, 0.6) is 11.5 Å². The van der Waals surface area contributed by atoms with Crippen LogP contribution >= 0.6 is 7.67 Å². The minimum atomic E-state index is -3.06. The Morgan fingerprint density at radius 3 is 2.23 bits per heavy atom. The molecule has 0 spiro atoms. The summed E-state index contributed by atoms with van der Waals surface area (Å²) >= 11 is 0. The third kappa shape index (κ3) is 4.99. The average molecular weight is 497 g/mol. The van der Waals surface area contributed by atoms with Gasteiger partial charge in [-0.1, -0.05) is 24.3 Å². The molecule has 3 aromatic rings. The molecule has 2 fully saturated rings. The lowest BCUT2D eigenvalue weighted by Gasteiger charge is -2.24. The number of aryl methyl sites for hydroxylation is 1. The molecule has 35 heavy (non-hydrogen) atoms. The Morgan fingerprint density at radius 2 is 1.66 bits per heavy atom. The van der Waals surface area contributed by atoms with Crippen molar-refractivity contribution in [3.8, 4) is 22.6 Å². The van der Waals surface area contributed by atoms with Crippen LogP contribution in [0, 0.1) is 22.9 Å². The highest BCUT2D eigenvalue weighted by atomic mass is 31.2. The number of benzene rings is 3. The van der Waals surface area contributed by atoms with Crippen molar-refractivity contribution >= 4 is 13.4 Å². The van der Waals surface area contributed by atoms with E-state index in [9.17, 15) is 19.1 Å². The van der Waals surface area contributed by atoms with Crippen molar-refractivity contribution in [1.29, 1.82) is 0 Å². The van der Waals surface area contributed by atoms with Crippen molar-refractivity contribution in [3.05, 3.63) is 87.7 Å². The van der Waals surface area contributed by atoms with Crippen LogP contribution in [0.1, 0.15) is 24.2 Å². The van der Waals surface area contributed by atoms with Gasteiger partial charge < -0.3 is 4.74 Å². The monoisotopic (exact) mass is 497 g/mol. The molecular weight excluding hydrogens is 472 g/mol. The minimum Gasteiger partial charge on any atom is -0.450 e. The zero-order chi connectivity index (χ0) is 24.7. The summed E-state index contributed by atoms with van der Waals surface area (Å²) in [4.78, 5) is 11.1. The maximum atomic E-state index is 14.3. The Bertz CT molecular complexity index is 1310. The first-order valence-electron chi connectivity index (χ1n) is 11.4. The Labute approximate surface area is 202 Å². The average Bonchev–Trinajstić information content (AvgIpc) is 3.71. The number of rotatable bonds is 9. The lowest BCUT2D eigenvalue weighted by molar-refractivity contribution is -0.385. The summed E-state index contributed by atoms with van der Waals surface area (Å²) in [5, 5.41) is 11.6. The molecule has 1 atom stereocenters. The highest BCUT2D eigenvalue weighted by molar-refractivity contribution is 7.54. The van der Waals surface area contributed by atoms with Crippen LogP contribution in [0.3, 0.4) is 0 Å². The minimum absolute atomic E-state index is 0.0468. The normalized spacial score (nSPS) is 16.7. The van der Waals surface area contributed by atoms with Gasteiger partial charge in [-0.15, -0.1) is 0 Å². The molecule has 8 nitrogen and oxygen atoms in total. The van der Waals surface area contributed by atoms with Crippen molar-refractivity contribution in [2.75, 3.05) is 26.2 Å². The second kappa shape index (κ2) is 9.17. The zero-order valence-electron chi connectivity index (χ0n) is 19.4. The van der Waals surface area contributed by atoms with E-state index in [2.05, 4.69) is 0 Å². The van der Waals surface area contributed by atoms with Crippen LogP contribution in [0.25, 0.3) is 11.1 Å². The van der Waals surface area contributed by atoms with Crippen LogP contribution in [0.15, 0.2) is 60.7 Å². The molecule has 2 aliphatic rings. The molecule has 0 aliphatic carbocycles. The van der Waals surface area contributed by atoms with Crippen molar-refractivity contribution in [2.24, 2.45) is 0 Å². The third-order valence-corrected chi connectivity index (χ3v) is 8.85. The van der Waals surface area contributed by atoms with Gasteiger partial charge in [0.25, 0.3) is 0 Å². The van der Waals surface area contributed by atoms with E-state index in [1.54, 1.807) is 49.4 Å². The van der Waals surface area contributed by atoms with Gasteiger partial charge in [-0.2, -0.15) is 0 Å². The van der Waals surface area contributed by atoms with Crippen molar-refractivity contribution in [1.82, 2.24) is 9.34 Å². The predicted octanol–water partition coefficient (Wildman–Crippen LogP) is 6.32. The molecule has 0 aromatic heterocycles. The second-order valence-corrected chi connectivity index (χ2v) is 11.1. The van der Waals surface area contributed by atoms with Gasteiger partial charge >= 0.3 is 13.4 Å². The molecule has 2 aliphatic heterocycles. The van der Waals surface area contributed by atoms with E-state index >= 15 is 0 Å². The summed E-state index contributed by atoms with van der Waals surface area (Å²) in [6.07, 6.45) is -0.558. The Morgan fingerprint density at radius 1 is 1.00 bits per heavy atom. The zero-order valence-corrected chi connectivity index (χ0v) is 20.3. The van der Waals surface area contributed by atoms with Gasteiger partial charge in [0.1, 0.15) is 11.6 Å². The fourth-order valence-electron chi connectivity index (χ4n) is 3.87. The first kappa shape index (κ1) is 23.6. The molecule has 0 saturated carbocycles. The van der Waals surface area contributed by atoms with Crippen LogP contribution < -0.4 is 4.74 Å². The van der Waals surface area contributed by atoms with E-state index in [1.807, 2.05) is 22.3 Å². The summed E-state index contributed by atoms with van der Waals surface area (Å²) < 4.78 is 43.2. The van der Waals surface area contributed by atoms with Gasteiger partial charge in [0.2, 0.25) is 5.75 Å². The van der Waals surface area contributed by atoms with Crippen molar-refractivity contribution < 1.29 is 23.1 Å². The Kier molecular flexibility index (Phi) is 6.19.